The molecule has 0 spiro atoms. The molecule has 2 aromatic carbocycles. The molecule has 1 aliphatic rings. The van der Waals surface area contributed by atoms with Crippen LogP contribution in [0, 0.1) is 17.1 Å². The lowest BCUT2D eigenvalue weighted by Crippen LogP contribution is -2.38. The molecule has 122 valence electrons. The summed E-state index contributed by atoms with van der Waals surface area (Å²) in [5, 5.41) is 11.7. The van der Waals surface area contributed by atoms with Crippen LogP contribution in [-0.4, -0.2) is 5.91 Å². The number of anilines is 1. The van der Waals surface area contributed by atoms with Crippen molar-refractivity contribution in [3.05, 3.63) is 65.5 Å². The van der Waals surface area contributed by atoms with Gasteiger partial charge < -0.3 is 5.32 Å². The Bertz CT molecular complexity index is 771. The molecule has 0 atom stereocenters. The van der Waals surface area contributed by atoms with Crippen LogP contribution in [0.1, 0.15) is 36.8 Å². The van der Waals surface area contributed by atoms with Gasteiger partial charge in [0.25, 0.3) is 0 Å². The zero-order chi connectivity index (χ0) is 17.0. The third kappa shape index (κ3) is 3.16. The number of halogens is 1. The normalized spacial score (nSPS) is 15.7. The number of rotatable bonds is 4. The molecule has 0 radical (unpaired) electrons. The SMILES string of the molecule is N#CCc1ccc(NC(=O)C2(c3cccc(F)c3)CCCC2)cc1. The van der Waals surface area contributed by atoms with Crippen molar-refractivity contribution in [1.82, 2.24) is 0 Å². The molecular formula is C20H19FN2O. The molecule has 1 saturated carbocycles. The number of nitriles is 1. The molecule has 24 heavy (non-hydrogen) atoms. The van der Waals surface area contributed by atoms with Crippen molar-refractivity contribution in [2.75, 3.05) is 5.32 Å². The van der Waals surface area contributed by atoms with Gasteiger partial charge in [-0.1, -0.05) is 37.1 Å². The first kappa shape index (κ1) is 16.2. The Morgan fingerprint density at radius 1 is 1.17 bits per heavy atom. The summed E-state index contributed by atoms with van der Waals surface area (Å²) in [4.78, 5) is 13.0. The number of carbonyl (C=O) groups excluding carboxylic acids is 1. The molecule has 0 saturated heterocycles. The van der Waals surface area contributed by atoms with Crippen LogP contribution < -0.4 is 5.32 Å². The minimum Gasteiger partial charge on any atom is -0.325 e. The van der Waals surface area contributed by atoms with Crippen molar-refractivity contribution >= 4 is 11.6 Å². The van der Waals surface area contributed by atoms with Gasteiger partial charge >= 0.3 is 0 Å². The Morgan fingerprint density at radius 2 is 1.88 bits per heavy atom. The number of carbonyl (C=O) groups is 1. The van der Waals surface area contributed by atoms with E-state index in [2.05, 4.69) is 11.4 Å². The standard InChI is InChI=1S/C20H19FN2O/c21-17-5-3-4-16(14-17)20(11-1-2-12-20)19(24)23-18-8-6-15(7-9-18)10-13-22/h3-9,14H,1-2,10-12H2,(H,23,24). The maximum Gasteiger partial charge on any atom is 0.235 e. The first-order valence-corrected chi connectivity index (χ1v) is 8.17. The van der Waals surface area contributed by atoms with E-state index in [1.807, 2.05) is 18.2 Å². The molecule has 1 N–H and O–H groups in total. The van der Waals surface area contributed by atoms with Gasteiger partial charge in [0, 0.05) is 5.69 Å². The van der Waals surface area contributed by atoms with Gasteiger partial charge in [0.05, 0.1) is 17.9 Å². The first-order chi connectivity index (χ1) is 11.6. The van der Waals surface area contributed by atoms with Crippen LogP contribution in [0.4, 0.5) is 10.1 Å². The Balaban J connectivity index is 1.84. The van der Waals surface area contributed by atoms with Gasteiger partial charge in [-0.15, -0.1) is 0 Å². The highest BCUT2D eigenvalue weighted by atomic mass is 19.1. The summed E-state index contributed by atoms with van der Waals surface area (Å²) in [7, 11) is 0. The lowest BCUT2D eigenvalue weighted by molar-refractivity contribution is -0.121. The van der Waals surface area contributed by atoms with Gasteiger partial charge in [-0.25, -0.2) is 4.39 Å². The van der Waals surface area contributed by atoms with Crippen LogP contribution in [-0.2, 0) is 16.6 Å². The fourth-order valence-electron chi connectivity index (χ4n) is 3.46. The van der Waals surface area contributed by atoms with E-state index in [9.17, 15) is 9.18 Å². The predicted octanol–water partition coefficient (Wildman–Crippen LogP) is 4.34. The molecule has 3 rings (SSSR count). The molecule has 0 aliphatic heterocycles. The molecule has 0 unspecified atom stereocenters. The summed E-state index contributed by atoms with van der Waals surface area (Å²) in [6, 6.07) is 15.8. The summed E-state index contributed by atoms with van der Waals surface area (Å²) in [6.07, 6.45) is 3.74. The number of benzene rings is 2. The Labute approximate surface area is 141 Å². The van der Waals surface area contributed by atoms with E-state index in [-0.39, 0.29) is 11.7 Å². The van der Waals surface area contributed by atoms with E-state index in [0.29, 0.717) is 12.1 Å². The second kappa shape index (κ2) is 6.84. The lowest BCUT2D eigenvalue weighted by atomic mass is 9.78. The molecule has 0 bridgehead atoms. The number of hydrogen-bond donors (Lipinski definition) is 1. The Kier molecular flexibility index (Phi) is 4.61. The minimum absolute atomic E-state index is 0.0846. The molecule has 1 amide bonds. The summed E-state index contributed by atoms with van der Waals surface area (Å²) in [5.41, 5.74) is 1.70. The summed E-state index contributed by atoms with van der Waals surface area (Å²) in [6.45, 7) is 0. The van der Waals surface area contributed by atoms with Gasteiger partial charge in [-0.2, -0.15) is 5.26 Å². The van der Waals surface area contributed by atoms with Gasteiger partial charge in [0.1, 0.15) is 5.82 Å². The van der Waals surface area contributed by atoms with Crippen LogP contribution in [0.3, 0.4) is 0 Å². The van der Waals surface area contributed by atoms with Crippen molar-refractivity contribution in [1.29, 1.82) is 5.26 Å². The predicted molar refractivity (Wildman–Crippen MR) is 90.9 cm³/mol. The van der Waals surface area contributed by atoms with Crippen LogP contribution in [0.5, 0.6) is 0 Å². The Hall–Kier alpha value is -2.67. The van der Waals surface area contributed by atoms with Crippen LogP contribution in [0.15, 0.2) is 48.5 Å². The van der Waals surface area contributed by atoms with Gasteiger partial charge in [-0.3, -0.25) is 4.79 Å². The molecule has 0 aromatic heterocycles. The van der Waals surface area contributed by atoms with E-state index < -0.39 is 5.41 Å². The van der Waals surface area contributed by atoms with Gasteiger partial charge in [-0.05, 0) is 48.2 Å². The quantitative estimate of drug-likeness (QED) is 0.910. The molecule has 4 heteroatoms. The van der Waals surface area contributed by atoms with Crippen molar-refractivity contribution in [3.63, 3.8) is 0 Å². The van der Waals surface area contributed by atoms with E-state index in [1.54, 1.807) is 18.2 Å². The number of nitrogens with zero attached hydrogens (tertiary/aromatic N) is 1. The number of hydrogen-bond acceptors (Lipinski definition) is 2. The molecule has 1 fully saturated rings. The van der Waals surface area contributed by atoms with E-state index in [0.717, 1.165) is 36.8 Å². The minimum atomic E-state index is -0.659. The highest BCUT2D eigenvalue weighted by Crippen LogP contribution is 2.42. The number of nitrogens with one attached hydrogen (secondary N) is 1. The molecule has 1 aliphatic carbocycles. The second-order valence-corrected chi connectivity index (χ2v) is 6.29. The van der Waals surface area contributed by atoms with Crippen molar-refractivity contribution < 1.29 is 9.18 Å². The zero-order valence-corrected chi connectivity index (χ0v) is 13.4. The third-order valence-corrected chi connectivity index (χ3v) is 4.76. The maximum absolute atomic E-state index is 13.6. The largest absolute Gasteiger partial charge is 0.325 e. The highest BCUT2D eigenvalue weighted by molar-refractivity contribution is 5.99. The van der Waals surface area contributed by atoms with E-state index in [1.165, 1.54) is 12.1 Å². The highest BCUT2D eigenvalue weighted by Gasteiger charge is 2.42. The first-order valence-electron chi connectivity index (χ1n) is 8.17. The maximum atomic E-state index is 13.6. The third-order valence-electron chi connectivity index (χ3n) is 4.76. The topological polar surface area (TPSA) is 52.9 Å². The molecule has 3 nitrogen and oxygen atoms in total. The van der Waals surface area contributed by atoms with E-state index >= 15 is 0 Å². The second-order valence-electron chi connectivity index (χ2n) is 6.29. The summed E-state index contributed by atoms with van der Waals surface area (Å²) in [5.74, 6) is -0.397. The van der Waals surface area contributed by atoms with Crippen LogP contribution in [0.2, 0.25) is 0 Å². The average Bonchev–Trinajstić information content (AvgIpc) is 3.08. The molecule has 2 aromatic rings. The number of amides is 1. The lowest BCUT2D eigenvalue weighted by Gasteiger charge is -2.28. The smallest absolute Gasteiger partial charge is 0.235 e. The Morgan fingerprint density at radius 3 is 2.50 bits per heavy atom. The van der Waals surface area contributed by atoms with Crippen LogP contribution >= 0.6 is 0 Å². The van der Waals surface area contributed by atoms with Gasteiger partial charge in [0.2, 0.25) is 5.91 Å². The van der Waals surface area contributed by atoms with Crippen LogP contribution in [0.25, 0.3) is 0 Å². The fraction of sp³-hybridized carbons (Fsp3) is 0.300. The zero-order valence-electron chi connectivity index (χ0n) is 13.4. The van der Waals surface area contributed by atoms with Crippen molar-refractivity contribution in [2.45, 2.75) is 37.5 Å². The van der Waals surface area contributed by atoms with Crippen molar-refractivity contribution in [2.24, 2.45) is 0 Å². The molecule has 0 heterocycles. The van der Waals surface area contributed by atoms with E-state index in [4.69, 9.17) is 5.26 Å². The van der Waals surface area contributed by atoms with Gasteiger partial charge in [0.15, 0.2) is 0 Å². The summed E-state index contributed by atoms with van der Waals surface area (Å²) < 4.78 is 13.6. The monoisotopic (exact) mass is 322 g/mol. The average molecular weight is 322 g/mol. The summed E-state index contributed by atoms with van der Waals surface area (Å²) >= 11 is 0. The van der Waals surface area contributed by atoms with Crippen molar-refractivity contribution in [3.8, 4) is 6.07 Å². The fourth-order valence-corrected chi connectivity index (χ4v) is 3.46. The molecular weight excluding hydrogens is 303 g/mol.